The van der Waals surface area contributed by atoms with Crippen molar-refractivity contribution >= 4 is 11.6 Å². The quantitative estimate of drug-likeness (QED) is 0.813. The summed E-state index contributed by atoms with van der Waals surface area (Å²) in [5.41, 5.74) is 0. The third kappa shape index (κ3) is 4.75. The van der Waals surface area contributed by atoms with Gasteiger partial charge in [0, 0.05) is 6.07 Å². The Kier molecular flexibility index (Phi) is 5.16. The largest absolute Gasteiger partial charge is 0.494 e. The molecule has 0 N–H and O–H groups in total. The van der Waals surface area contributed by atoms with Crippen LogP contribution in [0.2, 0.25) is 5.28 Å². The summed E-state index contributed by atoms with van der Waals surface area (Å²) in [6, 6.07) is 7.35. The molecular weight excluding hydrogens is 294 g/mol. The molecule has 0 atom stereocenters. The van der Waals surface area contributed by atoms with E-state index in [1.54, 1.807) is 12.1 Å². The van der Waals surface area contributed by atoms with Crippen molar-refractivity contribution in [3.05, 3.63) is 29.5 Å². The zero-order chi connectivity index (χ0) is 15.2. The maximum atomic E-state index is 5.83. The molecule has 2 rings (SSSR count). The summed E-state index contributed by atoms with van der Waals surface area (Å²) in [5.74, 6) is 1.24. The lowest BCUT2D eigenvalue weighted by Crippen LogP contribution is -2.09. The molecule has 0 unspecified atom stereocenters. The molecule has 0 aliphatic heterocycles. The van der Waals surface area contributed by atoms with E-state index < -0.39 is 0 Å². The molecule has 0 amide bonds. The topological polar surface area (TPSA) is 66.4 Å². The molecule has 0 spiro atoms. The Hall–Kier alpha value is -2.08. The van der Waals surface area contributed by atoms with Gasteiger partial charge in [0.25, 0.3) is 0 Å². The molecule has 112 valence electrons. The molecule has 1 aromatic carbocycles. The van der Waals surface area contributed by atoms with Crippen molar-refractivity contribution in [3.63, 3.8) is 0 Å². The van der Waals surface area contributed by atoms with Gasteiger partial charge >= 0.3 is 12.0 Å². The van der Waals surface area contributed by atoms with Gasteiger partial charge in [-0.2, -0.15) is 9.97 Å². The number of halogens is 1. The number of aromatic nitrogens is 3. The van der Waals surface area contributed by atoms with Gasteiger partial charge in [-0.25, -0.2) is 0 Å². The highest BCUT2D eigenvalue weighted by molar-refractivity contribution is 6.28. The molecule has 0 saturated carbocycles. The lowest BCUT2D eigenvalue weighted by atomic mass is 10.3. The van der Waals surface area contributed by atoms with Crippen LogP contribution in [0.15, 0.2) is 24.3 Å². The van der Waals surface area contributed by atoms with E-state index in [0.717, 1.165) is 0 Å². The highest BCUT2D eigenvalue weighted by Gasteiger charge is 2.10. The van der Waals surface area contributed by atoms with Crippen LogP contribution < -0.4 is 14.2 Å². The Labute approximate surface area is 128 Å². The van der Waals surface area contributed by atoms with E-state index >= 15 is 0 Å². The average molecular weight is 310 g/mol. The monoisotopic (exact) mass is 309 g/mol. The first kappa shape index (κ1) is 15.3. The summed E-state index contributed by atoms with van der Waals surface area (Å²) in [6.07, 6.45) is -0.0717. The van der Waals surface area contributed by atoms with E-state index in [9.17, 15) is 0 Å². The van der Waals surface area contributed by atoms with Crippen LogP contribution in [-0.4, -0.2) is 27.7 Å². The maximum absolute atomic E-state index is 5.83. The van der Waals surface area contributed by atoms with Crippen LogP contribution in [0.5, 0.6) is 23.5 Å². The molecule has 7 heteroatoms. The van der Waals surface area contributed by atoms with Gasteiger partial charge in [-0.3, -0.25) is 0 Å². The fourth-order valence-electron chi connectivity index (χ4n) is 1.52. The fourth-order valence-corrected chi connectivity index (χ4v) is 1.67. The van der Waals surface area contributed by atoms with Crippen LogP contribution in [0.3, 0.4) is 0 Å². The number of hydrogen-bond donors (Lipinski definition) is 0. The first-order chi connectivity index (χ1) is 10.1. The van der Waals surface area contributed by atoms with Gasteiger partial charge in [0.1, 0.15) is 11.5 Å². The predicted octanol–water partition coefficient (Wildman–Crippen LogP) is 3.50. The SMILES string of the molecule is CCOc1cccc(Oc2nc(Cl)nc(OC(C)C)n2)c1. The zero-order valence-electron chi connectivity index (χ0n) is 12.0. The van der Waals surface area contributed by atoms with Gasteiger partial charge < -0.3 is 14.2 Å². The third-order valence-corrected chi connectivity index (χ3v) is 2.40. The van der Waals surface area contributed by atoms with Gasteiger partial charge in [-0.05, 0) is 44.5 Å². The van der Waals surface area contributed by atoms with Gasteiger partial charge in [0.2, 0.25) is 5.28 Å². The Balaban J connectivity index is 2.18. The fraction of sp³-hybridized carbons (Fsp3) is 0.357. The van der Waals surface area contributed by atoms with E-state index in [4.69, 9.17) is 25.8 Å². The zero-order valence-corrected chi connectivity index (χ0v) is 12.8. The molecule has 0 bridgehead atoms. The van der Waals surface area contributed by atoms with Crippen molar-refractivity contribution in [1.29, 1.82) is 0 Å². The lowest BCUT2D eigenvalue weighted by Gasteiger charge is -2.09. The second-order valence-electron chi connectivity index (χ2n) is 4.35. The Bertz CT molecular complexity index is 608. The second kappa shape index (κ2) is 7.08. The van der Waals surface area contributed by atoms with E-state index in [1.807, 2.05) is 32.9 Å². The van der Waals surface area contributed by atoms with E-state index in [1.165, 1.54) is 0 Å². The molecule has 0 radical (unpaired) electrons. The molecule has 0 fully saturated rings. The van der Waals surface area contributed by atoms with Gasteiger partial charge in [0.05, 0.1) is 12.7 Å². The summed E-state index contributed by atoms with van der Waals surface area (Å²) in [7, 11) is 0. The van der Waals surface area contributed by atoms with E-state index in [-0.39, 0.29) is 23.4 Å². The van der Waals surface area contributed by atoms with Crippen LogP contribution in [-0.2, 0) is 0 Å². The van der Waals surface area contributed by atoms with Crippen molar-refractivity contribution in [3.8, 4) is 23.5 Å². The maximum Gasteiger partial charge on any atom is 0.329 e. The van der Waals surface area contributed by atoms with Crippen molar-refractivity contribution < 1.29 is 14.2 Å². The minimum atomic E-state index is -0.0717. The number of hydrogen-bond acceptors (Lipinski definition) is 6. The van der Waals surface area contributed by atoms with Gasteiger partial charge in [-0.1, -0.05) is 6.07 Å². The molecule has 21 heavy (non-hydrogen) atoms. The van der Waals surface area contributed by atoms with Gasteiger partial charge in [-0.15, -0.1) is 4.98 Å². The molecule has 0 saturated heterocycles. The second-order valence-corrected chi connectivity index (χ2v) is 4.68. The molecule has 2 aromatic rings. The normalized spacial score (nSPS) is 10.5. The van der Waals surface area contributed by atoms with Crippen molar-refractivity contribution in [2.45, 2.75) is 26.9 Å². The van der Waals surface area contributed by atoms with Crippen LogP contribution in [0.4, 0.5) is 0 Å². The number of rotatable bonds is 6. The molecular formula is C14H16ClN3O3. The number of benzene rings is 1. The summed E-state index contributed by atoms with van der Waals surface area (Å²) in [6.45, 7) is 6.22. The first-order valence-corrected chi connectivity index (χ1v) is 6.93. The van der Waals surface area contributed by atoms with Crippen LogP contribution in [0, 0.1) is 0 Å². The first-order valence-electron chi connectivity index (χ1n) is 6.55. The predicted molar refractivity (Wildman–Crippen MR) is 78.3 cm³/mol. The Morgan fingerprint density at radius 1 is 1.10 bits per heavy atom. The Morgan fingerprint density at radius 3 is 2.52 bits per heavy atom. The molecule has 1 heterocycles. The standard InChI is InChI=1S/C14H16ClN3O3/c1-4-19-10-6-5-7-11(8-10)21-14-17-12(15)16-13(18-14)20-9(2)3/h5-9H,4H2,1-3H3. The summed E-state index contributed by atoms with van der Waals surface area (Å²) in [5, 5.41) is 0.0108. The smallest absolute Gasteiger partial charge is 0.329 e. The lowest BCUT2D eigenvalue weighted by molar-refractivity contribution is 0.218. The van der Waals surface area contributed by atoms with Gasteiger partial charge in [0.15, 0.2) is 0 Å². The summed E-state index contributed by atoms with van der Waals surface area (Å²) >= 11 is 5.83. The van der Waals surface area contributed by atoms with Crippen molar-refractivity contribution in [2.75, 3.05) is 6.61 Å². The average Bonchev–Trinajstić information content (AvgIpc) is 2.37. The Morgan fingerprint density at radius 2 is 1.81 bits per heavy atom. The summed E-state index contributed by atoms with van der Waals surface area (Å²) < 4.78 is 16.3. The van der Waals surface area contributed by atoms with E-state index in [2.05, 4.69) is 15.0 Å². The van der Waals surface area contributed by atoms with Crippen LogP contribution in [0.1, 0.15) is 20.8 Å². The minimum absolute atomic E-state index is 0.0108. The number of ether oxygens (including phenoxy) is 3. The van der Waals surface area contributed by atoms with Crippen LogP contribution >= 0.6 is 11.6 Å². The highest BCUT2D eigenvalue weighted by Crippen LogP contribution is 2.24. The highest BCUT2D eigenvalue weighted by atomic mass is 35.5. The number of nitrogens with zero attached hydrogens (tertiary/aromatic N) is 3. The molecule has 1 aromatic heterocycles. The van der Waals surface area contributed by atoms with Crippen LogP contribution in [0.25, 0.3) is 0 Å². The molecule has 6 nitrogen and oxygen atoms in total. The van der Waals surface area contributed by atoms with Crippen molar-refractivity contribution in [2.24, 2.45) is 0 Å². The third-order valence-electron chi connectivity index (χ3n) is 2.23. The molecule has 0 aliphatic rings. The van der Waals surface area contributed by atoms with E-state index in [0.29, 0.717) is 18.1 Å². The molecule has 0 aliphatic carbocycles. The van der Waals surface area contributed by atoms with Crippen molar-refractivity contribution in [1.82, 2.24) is 15.0 Å². The summed E-state index contributed by atoms with van der Waals surface area (Å²) in [4.78, 5) is 11.8. The minimum Gasteiger partial charge on any atom is -0.494 e.